The average molecular weight is 514 g/mol. The van der Waals surface area contributed by atoms with Gasteiger partial charge in [0.25, 0.3) is 5.91 Å². The lowest BCUT2D eigenvalue weighted by Gasteiger charge is -2.15. The molecule has 3 rings (SSSR count). The highest BCUT2D eigenvalue weighted by Crippen LogP contribution is 2.41. The van der Waals surface area contributed by atoms with E-state index in [0.717, 1.165) is 18.2 Å². The van der Waals surface area contributed by atoms with Gasteiger partial charge in [-0.2, -0.15) is 34.8 Å². The van der Waals surface area contributed by atoms with Gasteiger partial charge in [0, 0.05) is 24.1 Å². The Morgan fingerprint density at radius 2 is 1.68 bits per heavy atom. The topological polar surface area (TPSA) is 97.6 Å². The Labute approximate surface area is 186 Å². The van der Waals surface area contributed by atoms with E-state index in [0.29, 0.717) is 6.07 Å². The van der Waals surface area contributed by atoms with Crippen molar-refractivity contribution < 1.29 is 52.5 Å². The Morgan fingerprint density at radius 1 is 1.06 bits per heavy atom. The summed E-state index contributed by atoms with van der Waals surface area (Å²) in [4.78, 5) is 12.5. The highest BCUT2D eigenvalue weighted by Gasteiger charge is 2.49. The Kier molecular flexibility index (Phi) is 6.43. The van der Waals surface area contributed by atoms with Crippen molar-refractivity contribution in [2.75, 3.05) is 18.9 Å². The fraction of sp³-hybridized carbons (Fsp3) is 0.211. The smallest absolute Gasteiger partial charge is 0.455 e. The van der Waals surface area contributed by atoms with Gasteiger partial charge in [0.2, 0.25) is 0 Å². The second kappa shape index (κ2) is 8.70. The number of hydrogen-bond acceptors (Lipinski definition) is 6. The lowest BCUT2D eigenvalue weighted by Crippen LogP contribution is -2.28. The first kappa shape index (κ1) is 25.1. The largest absolute Gasteiger partial charge is 0.534 e. The molecule has 0 unspecified atom stereocenters. The summed E-state index contributed by atoms with van der Waals surface area (Å²) in [5, 5.41) is 3.73. The maximum Gasteiger partial charge on any atom is 0.534 e. The van der Waals surface area contributed by atoms with Crippen molar-refractivity contribution >= 4 is 32.7 Å². The van der Waals surface area contributed by atoms with Crippen LogP contribution in [0.3, 0.4) is 0 Å². The standard InChI is InChI=1S/C19H13F7N2O5S/c1-27-17(29)15-11-6-14(33-34(30,31)19(24,25)26)12(28-8-18(21,22)23)7-13(11)32-16(15)9-2-4-10(20)5-3-9/h2-7,28H,8H2,1H3,(H,27,29). The van der Waals surface area contributed by atoms with E-state index >= 15 is 0 Å². The molecule has 34 heavy (non-hydrogen) atoms. The number of amides is 1. The molecule has 15 heteroatoms. The van der Waals surface area contributed by atoms with Crippen molar-refractivity contribution in [3.05, 3.63) is 47.8 Å². The van der Waals surface area contributed by atoms with E-state index in [-0.39, 0.29) is 27.9 Å². The quantitative estimate of drug-likeness (QED) is 0.279. The number of furan rings is 1. The normalized spacial score (nSPS) is 12.6. The van der Waals surface area contributed by atoms with E-state index in [9.17, 15) is 43.9 Å². The van der Waals surface area contributed by atoms with Crippen molar-refractivity contribution in [3.63, 3.8) is 0 Å². The molecule has 184 valence electrons. The van der Waals surface area contributed by atoms with Gasteiger partial charge in [0.15, 0.2) is 5.75 Å². The van der Waals surface area contributed by atoms with E-state index in [1.807, 2.05) is 0 Å². The first-order chi connectivity index (χ1) is 15.6. The van der Waals surface area contributed by atoms with Crippen LogP contribution in [0.5, 0.6) is 5.75 Å². The number of fused-ring (bicyclic) bond motifs is 1. The van der Waals surface area contributed by atoms with Crippen LogP contribution in [0.1, 0.15) is 10.4 Å². The second-order valence-electron chi connectivity index (χ2n) is 6.69. The zero-order chi connectivity index (χ0) is 25.5. The molecule has 0 spiro atoms. The van der Waals surface area contributed by atoms with Gasteiger partial charge in [-0.25, -0.2) is 4.39 Å². The van der Waals surface area contributed by atoms with Crippen LogP contribution in [0.4, 0.5) is 36.4 Å². The third-order valence-corrected chi connectivity index (χ3v) is 5.28. The van der Waals surface area contributed by atoms with Gasteiger partial charge in [-0.15, -0.1) is 0 Å². The van der Waals surface area contributed by atoms with Crippen LogP contribution < -0.4 is 14.8 Å². The fourth-order valence-corrected chi connectivity index (χ4v) is 3.31. The molecule has 3 aromatic rings. The summed E-state index contributed by atoms with van der Waals surface area (Å²) < 4.78 is 122. The second-order valence-corrected chi connectivity index (χ2v) is 8.23. The maximum atomic E-state index is 13.3. The number of carbonyl (C=O) groups excluding carboxylic acids is 1. The van der Waals surface area contributed by atoms with Gasteiger partial charge in [0.1, 0.15) is 23.7 Å². The van der Waals surface area contributed by atoms with Crippen LogP contribution in [0.25, 0.3) is 22.3 Å². The highest BCUT2D eigenvalue weighted by atomic mass is 32.2. The third-order valence-electron chi connectivity index (χ3n) is 4.31. The summed E-state index contributed by atoms with van der Waals surface area (Å²) >= 11 is 0. The number of anilines is 1. The minimum Gasteiger partial charge on any atom is -0.455 e. The van der Waals surface area contributed by atoms with Crippen LogP contribution in [0, 0.1) is 5.82 Å². The molecule has 1 amide bonds. The number of hydrogen-bond donors (Lipinski definition) is 2. The summed E-state index contributed by atoms with van der Waals surface area (Å²) in [6, 6.07) is 5.86. The van der Waals surface area contributed by atoms with Gasteiger partial charge < -0.3 is 19.2 Å². The molecular formula is C19H13F7N2O5S. The lowest BCUT2D eigenvalue weighted by molar-refractivity contribution is -0.115. The molecular weight excluding hydrogens is 501 g/mol. The Morgan fingerprint density at radius 3 is 2.21 bits per heavy atom. The first-order valence-corrected chi connectivity index (χ1v) is 10.4. The van der Waals surface area contributed by atoms with Crippen molar-refractivity contribution in [1.29, 1.82) is 0 Å². The van der Waals surface area contributed by atoms with Crippen LogP contribution >= 0.6 is 0 Å². The Balaban J connectivity index is 2.27. The third kappa shape index (κ3) is 5.18. The SMILES string of the molecule is CNC(=O)c1c(-c2ccc(F)cc2)oc2cc(NCC(F)(F)F)c(OS(=O)(=O)C(F)(F)F)cc12. The van der Waals surface area contributed by atoms with Crippen molar-refractivity contribution in [3.8, 4) is 17.1 Å². The molecule has 7 nitrogen and oxygen atoms in total. The van der Waals surface area contributed by atoms with E-state index in [2.05, 4.69) is 9.50 Å². The molecule has 0 radical (unpaired) electrons. The van der Waals surface area contributed by atoms with E-state index < -0.39 is 51.5 Å². The number of benzene rings is 2. The van der Waals surface area contributed by atoms with E-state index in [1.165, 1.54) is 19.2 Å². The summed E-state index contributed by atoms with van der Waals surface area (Å²) in [7, 11) is -5.07. The molecule has 1 heterocycles. The van der Waals surface area contributed by atoms with Crippen molar-refractivity contribution in [2.45, 2.75) is 11.7 Å². The van der Waals surface area contributed by atoms with Gasteiger partial charge in [-0.05, 0) is 30.3 Å². The number of halogens is 7. The maximum absolute atomic E-state index is 13.3. The summed E-state index contributed by atoms with van der Waals surface area (Å²) in [6.45, 7) is -1.76. The minimum atomic E-state index is -6.28. The fourth-order valence-electron chi connectivity index (χ4n) is 2.85. The summed E-state index contributed by atoms with van der Waals surface area (Å²) in [6.07, 6.45) is -4.83. The summed E-state index contributed by atoms with van der Waals surface area (Å²) in [5.74, 6) is -2.83. The highest BCUT2D eigenvalue weighted by molar-refractivity contribution is 7.88. The predicted octanol–water partition coefficient (Wildman–Crippen LogP) is 4.80. The number of alkyl halides is 6. The zero-order valence-corrected chi connectivity index (χ0v) is 17.6. The van der Waals surface area contributed by atoms with E-state index in [4.69, 9.17) is 4.42 Å². The van der Waals surface area contributed by atoms with Gasteiger partial charge in [-0.3, -0.25) is 4.79 Å². The number of nitrogens with one attached hydrogen (secondary N) is 2. The number of rotatable bonds is 6. The number of carbonyl (C=O) groups is 1. The molecule has 0 atom stereocenters. The lowest BCUT2D eigenvalue weighted by atomic mass is 10.0. The molecule has 2 N–H and O–H groups in total. The molecule has 0 aliphatic carbocycles. The Bertz CT molecular complexity index is 1330. The van der Waals surface area contributed by atoms with Gasteiger partial charge in [0.05, 0.1) is 11.3 Å². The molecule has 0 saturated carbocycles. The molecule has 0 bridgehead atoms. The van der Waals surface area contributed by atoms with Crippen LogP contribution in [-0.2, 0) is 10.1 Å². The molecule has 0 saturated heterocycles. The molecule has 2 aromatic carbocycles. The predicted molar refractivity (Wildman–Crippen MR) is 105 cm³/mol. The van der Waals surface area contributed by atoms with Crippen molar-refractivity contribution in [2.24, 2.45) is 0 Å². The van der Waals surface area contributed by atoms with Crippen LogP contribution in [0.15, 0.2) is 40.8 Å². The van der Waals surface area contributed by atoms with Crippen molar-refractivity contribution in [1.82, 2.24) is 5.32 Å². The molecule has 1 aromatic heterocycles. The molecule has 0 fully saturated rings. The van der Waals surface area contributed by atoms with Crippen LogP contribution in [0.2, 0.25) is 0 Å². The summed E-state index contributed by atoms with van der Waals surface area (Å²) in [5.41, 5.74) is -7.14. The zero-order valence-electron chi connectivity index (χ0n) is 16.8. The molecule has 0 aliphatic rings. The van der Waals surface area contributed by atoms with Gasteiger partial charge in [-0.1, -0.05) is 0 Å². The minimum absolute atomic E-state index is 0.145. The Hall–Kier alpha value is -3.49. The first-order valence-electron chi connectivity index (χ1n) is 9.03. The van der Waals surface area contributed by atoms with Crippen LogP contribution in [-0.4, -0.2) is 39.6 Å². The van der Waals surface area contributed by atoms with E-state index in [1.54, 1.807) is 5.32 Å². The molecule has 0 aliphatic heterocycles. The van der Waals surface area contributed by atoms with Gasteiger partial charge >= 0.3 is 21.8 Å². The average Bonchev–Trinajstić information content (AvgIpc) is 3.08. The monoisotopic (exact) mass is 514 g/mol.